The van der Waals surface area contributed by atoms with Gasteiger partial charge in [-0.1, -0.05) is 6.07 Å². The van der Waals surface area contributed by atoms with Gasteiger partial charge in [-0.3, -0.25) is 5.32 Å². The lowest BCUT2D eigenvalue weighted by molar-refractivity contribution is -0.137. The summed E-state index contributed by atoms with van der Waals surface area (Å²) in [4.78, 5) is 11.8. The third kappa shape index (κ3) is 6.17. The third-order valence-electron chi connectivity index (χ3n) is 2.68. The molecule has 1 rings (SSSR count). The van der Waals surface area contributed by atoms with Gasteiger partial charge < -0.3 is 4.74 Å². The van der Waals surface area contributed by atoms with Crippen LogP contribution in [0.3, 0.4) is 0 Å². The van der Waals surface area contributed by atoms with Crippen molar-refractivity contribution >= 4 is 24.4 Å². The molecule has 0 aromatic heterocycles. The molecule has 0 spiro atoms. The Morgan fingerprint density at radius 2 is 1.91 bits per heavy atom. The number of hydrogen-bond acceptors (Lipinski definition) is 3. The molecule has 22 heavy (non-hydrogen) atoms. The summed E-state index contributed by atoms with van der Waals surface area (Å²) in [7, 11) is 0. The van der Waals surface area contributed by atoms with E-state index >= 15 is 0 Å². The number of anilines is 1. The van der Waals surface area contributed by atoms with Crippen molar-refractivity contribution in [1.29, 1.82) is 0 Å². The van der Waals surface area contributed by atoms with Gasteiger partial charge >= 0.3 is 12.3 Å². The van der Waals surface area contributed by atoms with Crippen molar-refractivity contribution in [2.24, 2.45) is 0 Å². The Morgan fingerprint density at radius 3 is 2.41 bits per heavy atom. The van der Waals surface area contributed by atoms with Crippen LogP contribution in [0.15, 0.2) is 18.2 Å². The van der Waals surface area contributed by atoms with Crippen LogP contribution in [0, 0.1) is 0 Å². The van der Waals surface area contributed by atoms with Gasteiger partial charge in [0.15, 0.2) is 0 Å². The van der Waals surface area contributed by atoms with E-state index in [1.807, 2.05) is 0 Å². The van der Waals surface area contributed by atoms with Gasteiger partial charge in [0.05, 0.1) is 5.56 Å². The van der Waals surface area contributed by atoms with Gasteiger partial charge in [-0.05, 0) is 57.1 Å². The highest BCUT2D eigenvalue weighted by Crippen LogP contribution is 2.32. The van der Waals surface area contributed by atoms with Gasteiger partial charge in [0, 0.05) is 5.69 Å². The Bertz CT molecular complexity index is 524. The molecule has 1 amide bonds. The molecule has 0 unspecified atom stereocenters. The highest BCUT2D eigenvalue weighted by molar-refractivity contribution is 7.80. The Hall–Kier alpha value is -1.37. The van der Waals surface area contributed by atoms with Gasteiger partial charge in [0.25, 0.3) is 0 Å². The fourth-order valence-corrected chi connectivity index (χ4v) is 1.93. The van der Waals surface area contributed by atoms with Crippen LogP contribution >= 0.6 is 12.6 Å². The zero-order valence-corrected chi connectivity index (χ0v) is 13.6. The lowest BCUT2D eigenvalue weighted by atomic mass is 10.0. The molecule has 0 radical (unpaired) electrons. The van der Waals surface area contributed by atoms with Crippen LogP contribution in [-0.4, -0.2) is 17.4 Å². The highest BCUT2D eigenvalue weighted by atomic mass is 32.1. The van der Waals surface area contributed by atoms with E-state index in [0.29, 0.717) is 24.2 Å². The SMILES string of the molecule is CC(C)(C)OC(=O)Nc1cc(C(F)(F)F)ccc1CCCS. The molecule has 0 fully saturated rings. The molecule has 0 bridgehead atoms. The van der Waals surface area contributed by atoms with E-state index in [-0.39, 0.29) is 5.69 Å². The first kappa shape index (κ1) is 18.7. The second kappa shape index (κ2) is 7.26. The minimum Gasteiger partial charge on any atom is -0.444 e. The number of hydrogen-bond donors (Lipinski definition) is 2. The van der Waals surface area contributed by atoms with Gasteiger partial charge in [-0.2, -0.15) is 25.8 Å². The zero-order chi connectivity index (χ0) is 17.0. The topological polar surface area (TPSA) is 38.3 Å². The molecular formula is C15H20F3NO2S. The molecule has 0 atom stereocenters. The first-order valence-electron chi connectivity index (χ1n) is 6.84. The maximum absolute atomic E-state index is 12.8. The van der Waals surface area contributed by atoms with E-state index in [0.717, 1.165) is 12.1 Å². The number of benzene rings is 1. The fraction of sp³-hybridized carbons (Fsp3) is 0.533. The van der Waals surface area contributed by atoms with Crippen molar-refractivity contribution in [3.63, 3.8) is 0 Å². The van der Waals surface area contributed by atoms with Crippen LogP contribution in [0.1, 0.15) is 38.3 Å². The first-order chi connectivity index (χ1) is 10.0. The molecular weight excluding hydrogens is 315 g/mol. The van der Waals surface area contributed by atoms with Gasteiger partial charge in [-0.25, -0.2) is 4.79 Å². The summed E-state index contributed by atoms with van der Waals surface area (Å²) in [6.07, 6.45) is -4.03. The second-order valence-electron chi connectivity index (χ2n) is 5.82. The van der Waals surface area contributed by atoms with E-state index in [2.05, 4.69) is 17.9 Å². The van der Waals surface area contributed by atoms with Crippen molar-refractivity contribution in [2.45, 2.75) is 45.4 Å². The average molecular weight is 335 g/mol. The summed E-state index contributed by atoms with van der Waals surface area (Å²) >= 11 is 4.09. The van der Waals surface area contributed by atoms with Gasteiger partial charge in [0.2, 0.25) is 0 Å². The molecule has 1 aromatic carbocycles. The summed E-state index contributed by atoms with van der Waals surface area (Å²) < 4.78 is 43.5. The van der Waals surface area contributed by atoms with Crippen LogP contribution < -0.4 is 5.32 Å². The summed E-state index contributed by atoms with van der Waals surface area (Å²) in [5.41, 5.74) is -0.802. The normalized spacial score (nSPS) is 12.1. The standard InChI is InChI=1S/C15H20F3NO2S/c1-14(2,3)21-13(20)19-12-9-11(15(16,17)18)7-6-10(12)5-4-8-22/h6-7,9,22H,4-5,8H2,1-3H3,(H,19,20). The lowest BCUT2D eigenvalue weighted by Crippen LogP contribution is -2.27. The van der Waals surface area contributed by atoms with Gasteiger partial charge in [-0.15, -0.1) is 0 Å². The van der Waals surface area contributed by atoms with E-state index in [1.54, 1.807) is 20.8 Å². The minimum absolute atomic E-state index is 0.117. The number of halogens is 3. The number of carbonyl (C=O) groups excluding carboxylic acids is 1. The van der Waals surface area contributed by atoms with Crippen LogP contribution in [0.5, 0.6) is 0 Å². The van der Waals surface area contributed by atoms with Crippen molar-refractivity contribution < 1.29 is 22.7 Å². The summed E-state index contributed by atoms with van der Waals surface area (Å²) in [6.45, 7) is 5.04. The Kier molecular flexibility index (Phi) is 6.17. The van der Waals surface area contributed by atoms with Crippen LogP contribution in [-0.2, 0) is 17.3 Å². The predicted molar refractivity (Wildman–Crippen MR) is 83.5 cm³/mol. The van der Waals surface area contributed by atoms with E-state index in [9.17, 15) is 18.0 Å². The number of alkyl halides is 3. The summed E-state index contributed by atoms with van der Waals surface area (Å²) in [5, 5.41) is 2.40. The minimum atomic E-state index is -4.47. The number of amides is 1. The van der Waals surface area contributed by atoms with Crippen LogP contribution in [0.25, 0.3) is 0 Å². The molecule has 1 aromatic rings. The molecule has 0 aliphatic rings. The first-order valence-corrected chi connectivity index (χ1v) is 7.47. The van der Waals surface area contributed by atoms with Crippen molar-refractivity contribution in [2.75, 3.05) is 11.1 Å². The quantitative estimate of drug-likeness (QED) is 0.767. The molecule has 0 aliphatic heterocycles. The van der Waals surface area contributed by atoms with E-state index < -0.39 is 23.4 Å². The third-order valence-corrected chi connectivity index (χ3v) is 2.99. The Labute approximate surface area is 133 Å². The second-order valence-corrected chi connectivity index (χ2v) is 6.27. The number of ether oxygens (including phenoxy) is 1. The number of carbonyl (C=O) groups is 1. The molecule has 0 saturated heterocycles. The van der Waals surface area contributed by atoms with Crippen LogP contribution in [0.4, 0.5) is 23.7 Å². The number of thiol groups is 1. The molecule has 124 valence electrons. The summed E-state index contributed by atoms with van der Waals surface area (Å²) in [6, 6.07) is 3.31. The maximum atomic E-state index is 12.8. The van der Waals surface area contributed by atoms with Gasteiger partial charge in [0.1, 0.15) is 5.60 Å². The lowest BCUT2D eigenvalue weighted by Gasteiger charge is -2.21. The average Bonchev–Trinajstić information content (AvgIpc) is 2.33. The van der Waals surface area contributed by atoms with Crippen LogP contribution in [0.2, 0.25) is 0 Å². The summed E-state index contributed by atoms with van der Waals surface area (Å²) in [5.74, 6) is 0.604. The smallest absolute Gasteiger partial charge is 0.416 e. The molecule has 0 heterocycles. The highest BCUT2D eigenvalue weighted by Gasteiger charge is 2.31. The maximum Gasteiger partial charge on any atom is 0.416 e. The molecule has 0 saturated carbocycles. The number of rotatable bonds is 4. The predicted octanol–water partition coefficient (Wildman–Crippen LogP) is 4.91. The number of aryl methyl sites for hydroxylation is 1. The van der Waals surface area contributed by atoms with E-state index in [1.165, 1.54) is 6.07 Å². The van der Waals surface area contributed by atoms with Crippen molar-refractivity contribution in [1.82, 2.24) is 0 Å². The Morgan fingerprint density at radius 1 is 1.27 bits per heavy atom. The molecule has 0 aliphatic carbocycles. The molecule has 3 nitrogen and oxygen atoms in total. The molecule has 7 heteroatoms. The zero-order valence-electron chi connectivity index (χ0n) is 12.8. The van der Waals surface area contributed by atoms with E-state index in [4.69, 9.17) is 4.74 Å². The molecule has 1 N–H and O–H groups in total. The Balaban J connectivity index is 3.03. The van der Waals surface area contributed by atoms with Crippen molar-refractivity contribution in [3.05, 3.63) is 29.3 Å². The van der Waals surface area contributed by atoms with Crippen molar-refractivity contribution in [3.8, 4) is 0 Å². The monoisotopic (exact) mass is 335 g/mol. The fourth-order valence-electron chi connectivity index (χ4n) is 1.77. The number of nitrogens with one attached hydrogen (secondary N) is 1. The largest absolute Gasteiger partial charge is 0.444 e.